The minimum absolute atomic E-state index is 0.603. The Kier molecular flexibility index (Phi) is 3.50. The van der Waals surface area contributed by atoms with Gasteiger partial charge in [0.25, 0.3) is 0 Å². The quantitative estimate of drug-likeness (QED) is 0.911. The fourth-order valence-electron chi connectivity index (χ4n) is 2.43. The second-order valence-electron chi connectivity index (χ2n) is 4.62. The topological polar surface area (TPSA) is 32.6 Å². The number of pyridine rings is 1. The summed E-state index contributed by atoms with van der Waals surface area (Å²) in [4.78, 5) is 6.93. The zero-order chi connectivity index (χ0) is 12.4. The van der Waals surface area contributed by atoms with Crippen molar-refractivity contribution in [2.75, 3.05) is 32.7 Å². The lowest BCUT2D eigenvalue weighted by atomic mass is 10.3. The van der Waals surface area contributed by atoms with Crippen LogP contribution in [0, 0.1) is 0 Å². The average Bonchev–Trinajstić information content (AvgIpc) is 2.75. The molecule has 5 heteroatoms. The van der Waals surface area contributed by atoms with Gasteiger partial charge in [-0.1, -0.05) is 17.7 Å². The first-order chi connectivity index (χ1) is 8.84. The zero-order valence-corrected chi connectivity index (χ0v) is 11.0. The molecule has 1 aliphatic rings. The predicted molar refractivity (Wildman–Crippen MR) is 73.2 cm³/mol. The third-order valence-electron chi connectivity index (χ3n) is 3.44. The molecule has 3 heterocycles. The summed E-state index contributed by atoms with van der Waals surface area (Å²) in [5.41, 5.74) is 0.995. The summed E-state index contributed by atoms with van der Waals surface area (Å²) in [6, 6.07) is 6.01. The maximum Gasteiger partial charge on any atom is 0.155 e. The summed E-state index contributed by atoms with van der Waals surface area (Å²) >= 11 is 6.14. The number of piperazine rings is 1. The number of hydrogen-bond acceptors (Lipinski definition) is 3. The number of rotatable bonds is 3. The molecule has 3 rings (SSSR count). The van der Waals surface area contributed by atoms with Crippen LogP contribution in [-0.2, 0) is 6.42 Å². The molecule has 1 saturated heterocycles. The average molecular weight is 265 g/mol. The van der Waals surface area contributed by atoms with E-state index in [4.69, 9.17) is 11.6 Å². The van der Waals surface area contributed by atoms with E-state index in [1.807, 2.05) is 24.4 Å². The molecule has 96 valence electrons. The van der Waals surface area contributed by atoms with Crippen LogP contribution in [-0.4, -0.2) is 47.0 Å². The normalized spacial score (nSPS) is 17.4. The van der Waals surface area contributed by atoms with Crippen molar-refractivity contribution in [1.82, 2.24) is 19.6 Å². The van der Waals surface area contributed by atoms with Gasteiger partial charge in [-0.05, 0) is 12.1 Å². The maximum atomic E-state index is 6.14. The molecule has 2 aromatic rings. The molecule has 18 heavy (non-hydrogen) atoms. The van der Waals surface area contributed by atoms with Crippen LogP contribution < -0.4 is 5.32 Å². The van der Waals surface area contributed by atoms with Crippen molar-refractivity contribution in [3.8, 4) is 0 Å². The number of aromatic nitrogens is 2. The lowest BCUT2D eigenvalue weighted by Crippen LogP contribution is -2.44. The van der Waals surface area contributed by atoms with Gasteiger partial charge >= 0.3 is 0 Å². The first kappa shape index (κ1) is 12.0. The van der Waals surface area contributed by atoms with Crippen molar-refractivity contribution < 1.29 is 0 Å². The van der Waals surface area contributed by atoms with Gasteiger partial charge in [-0.2, -0.15) is 0 Å². The molecular weight excluding hydrogens is 248 g/mol. The fourth-order valence-corrected chi connectivity index (χ4v) is 2.68. The minimum atomic E-state index is 0.603. The number of hydrogen-bond donors (Lipinski definition) is 1. The van der Waals surface area contributed by atoms with Crippen LogP contribution >= 0.6 is 11.6 Å². The molecule has 0 radical (unpaired) electrons. The van der Waals surface area contributed by atoms with E-state index in [1.54, 1.807) is 0 Å². The summed E-state index contributed by atoms with van der Waals surface area (Å²) in [6.07, 6.45) is 2.97. The van der Waals surface area contributed by atoms with Crippen LogP contribution in [0.1, 0.15) is 5.82 Å². The van der Waals surface area contributed by atoms with Crippen molar-refractivity contribution >= 4 is 17.1 Å². The molecule has 0 aromatic carbocycles. The van der Waals surface area contributed by atoms with E-state index in [9.17, 15) is 0 Å². The van der Waals surface area contributed by atoms with E-state index >= 15 is 0 Å². The van der Waals surface area contributed by atoms with E-state index in [0.29, 0.717) is 5.15 Å². The fraction of sp³-hybridized carbons (Fsp3) is 0.462. The van der Waals surface area contributed by atoms with Crippen LogP contribution in [0.2, 0.25) is 5.15 Å². The van der Waals surface area contributed by atoms with Crippen LogP contribution in [0.4, 0.5) is 0 Å². The molecule has 0 bridgehead atoms. The van der Waals surface area contributed by atoms with Gasteiger partial charge in [0.05, 0.1) is 5.52 Å². The van der Waals surface area contributed by atoms with Crippen LogP contribution in [0.25, 0.3) is 5.52 Å². The highest BCUT2D eigenvalue weighted by molar-refractivity contribution is 6.32. The van der Waals surface area contributed by atoms with Crippen LogP contribution in [0.3, 0.4) is 0 Å². The molecular formula is C13H17ClN4. The van der Waals surface area contributed by atoms with Gasteiger partial charge in [0.15, 0.2) is 5.15 Å². The van der Waals surface area contributed by atoms with Gasteiger partial charge in [-0.25, -0.2) is 4.98 Å². The second-order valence-corrected chi connectivity index (χ2v) is 4.97. The first-order valence-corrected chi connectivity index (χ1v) is 6.77. The molecule has 0 saturated carbocycles. The largest absolute Gasteiger partial charge is 0.314 e. The van der Waals surface area contributed by atoms with E-state index < -0.39 is 0 Å². The number of imidazole rings is 1. The van der Waals surface area contributed by atoms with E-state index in [2.05, 4.69) is 19.6 Å². The lowest BCUT2D eigenvalue weighted by Gasteiger charge is -2.26. The molecule has 0 amide bonds. The summed E-state index contributed by atoms with van der Waals surface area (Å²) in [5, 5.41) is 3.97. The van der Waals surface area contributed by atoms with Crippen LogP contribution in [0.15, 0.2) is 24.4 Å². The molecule has 0 spiro atoms. The molecule has 4 nitrogen and oxygen atoms in total. The van der Waals surface area contributed by atoms with Gasteiger partial charge < -0.3 is 14.6 Å². The Morgan fingerprint density at radius 2 is 2.11 bits per heavy atom. The van der Waals surface area contributed by atoms with E-state index in [-0.39, 0.29) is 0 Å². The molecule has 2 aromatic heterocycles. The zero-order valence-electron chi connectivity index (χ0n) is 10.3. The Labute approximate surface area is 112 Å². The number of nitrogens with zero attached hydrogens (tertiary/aromatic N) is 3. The van der Waals surface area contributed by atoms with Crippen LogP contribution in [0.5, 0.6) is 0 Å². The second kappa shape index (κ2) is 5.26. The Morgan fingerprint density at radius 3 is 2.94 bits per heavy atom. The highest BCUT2D eigenvalue weighted by atomic mass is 35.5. The highest BCUT2D eigenvalue weighted by Gasteiger charge is 2.12. The van der Waals surface area contributed by atoms with Crippen molar-refractivity contribution in [3.05, 3.63) is 35.4 Å². The van der Waals surface area contributed by atoms with Gasteiger partial charge in [0, 0.05) is 45.3 Å². The van der Waals surface area contributed by atoms with Gasteiger partial charge in [-0.3, -0.25) is 0 Å². The standard InChI is InChI=1S/C13H17ClN4/c14-13-11-3-1-2-7-18(11)12(16-13)4-8-17-9-5-15-6-10-17/h1-3,7,15H,4-6,8-10H2. The lowest BCUT2D eigenvalue weighted by molar-refractivity contribution is 0.242. The monoisotopic (exact) mass is 264 g/mol. The van der Waals surface area contributed by atoms with Crippen molar-refractivity contribution in [2.24, 2.45) is 0 Å². The Bertz CT molecular complexity index is 531. The Morgan fingerprint density at radius 1 is 1.28 bits per heavy atom. The molecule has 0 aliphatic carbocycles. The molecule has 1 fully saturated rings. The van der Waals surface area contributed by atoms with E-state index in [1.165, 1.54) is 0 Å². The van der Waals surface area contributed by atoms with E-state index in [0.717, 1.165) is 50.5 Å². The SMILES string of the molecule is Clc1nc(CCN2CCNCC2)n2ccccc12. The molecule has 1 aliphatic heterocycles. The summed E-state index contributed by atoms with van der Waals surface area (Å²) in [5.74, 6) is 1.05. The number of fused-ring (bicyclic) bond motifs is 1. The number of nitrogens with one attached hydrogen (secondary N) is 1. The van der Waals surface area contributed by atoms with Gasteiger partial charge in [0.1, 0.15) is 5.82 Å². The van der Waals surface area contributed by atoms with Crippen molar-refractivity contribution in [3.63, 3.8) is 0 Å². The predicted octanol–water partition coefficient (Wildman–Crippen LogP) is 1.44. The highest BCUT2D eigenvalue weighted by Crippen LogP contribution is 2.18. The van der Waals surface area contributed by atoms with Crippen molar-refractivity contribution in [1.29, 1.82) is 0 Å². The van der Waals surface area contributed by atoms with Gasteiger partial charge in [-0.15, -0.1) is 0 Å². The van der Waals surface area contributed by atoms with Gasteiger partial charge in [0.2, 0.25) is 0 Å². The number of halogens is 1. The minimum Gasteiger partial charge on any atom is -0.314 e. The molecule has 1 N–H and O–H groups in total. The first-order valence-electron chi connectivity index (χ1n) is 6.39. The Balaban J connectivity index is 1.74. The Hall–Kier alpha value is -1.10. The smallest absolute Gasteiger partial charge is 0.155 e. The van der Waals surface area contributed by atoms with Crippen molar-refractivity contribution in [2.45, 2.75) is 6.42 Å². The third-order valence-corrected chi connectivity index (χ3v) is 3.72. The molecule has 0 atom stereocenters. The third kappa shape index (κ3) is 2.36. The summed E-state index contributed by atoms with van der Waals surface area (Å²) in [6.45, 7) is 5.46. The summed E-state index contributed by atoms with van der Waals surface area (Å²) in [7, 11) is 0. The molecule has 0 unspecified atom stereocenters. The summed E-state index contributed by atoms with van der Waals surface area (Å²) < 4.78 is 2.09. The maximum absolute atomic E-state index is 6.14.